The van der Waals surface area contributed by atoms with E-state index >= 15 is 0 Å². The summed E-state index contributed by atoms with van der Waals surface area (Å²) in [6.45, 7) is 2.06. The molecule has 0 saturated heterocycles. The zero-order valence-electron chi connectivity index (χ0n) is 11.7. The molecule has 0 radical (unpaired) electrons. The molecule has 2 nitrogen and oxygen atoms in total. The second kappa shape index (κ2) is 4.89. The average Bonchev–Trinajstić information content (AvgIpc) is 2.45. The van der Waals surface area contributed by atoms with Gasteiger partial charge in [-0.1, -0.05) is 24.3 Å². The van der Waals surface area contributed by atoms with Gasteiger partial charge in [0.2, 0.25) is 0 Å². The van der Waals surface area contributed by atoms with E-state index in [1.807, 2.05) is 24.3 Å². The van der Waals surface area contributed by atoms with Gasteiger partial charge in [-0.15, -0.1) is 0 Å². The van der Waals surface area contributed by atoms with Gasteiger partial charge in [0.1, 0.15) is 5.75 Å². The molecule has 0 unspecified atom stereocenters. The number of hydrogen-bond donors (Lipinski definition) is 1. The lowest BCUT2D eigenvalue weighted by Crippen LogP contribution is -1.88. The second-order valence-electron chi connectivity index (χ2n) is 5.06. The molecule has 100 valence electrons. The molecule has 3 aromatic rings. The van der Waals surface area contributed by atoms with Crippen LogP contribution in [0.5, 0.6) is 5.75 Å². The van der Waals surface area contributed by atoms with Crippen molar-refractivity contribution in [1.29, 1.82) is 0 Å². The van der Waals surface area contributed by atoms with Gasteiger partial charge in [0.25, 0.3) is 0 Å². The largest absolute Gasteiger partial charge is 0.497 e. The molecule has 2 N–H and O–H groups in total. The molecule has 0 amide bonds. The summed E-state index contributed by atoms with van der Waals surface area (Å²) >= 11 is 0. The maximum absolute atomic E-state index is 5.93. The van der Waals surface area contributed by atoms with E-state index in [0.717, 1.165) is 17.0 Å². The molecule has 0 saturated carbocycles. The van der Waals surface area contributed by atoms with Crippen molar-refractivity contribution < 1.29 is 4.74 Å². The number of ether oxygens (including phenoxy) is 1. The fourth-order valence-electron chi connectivity index (χ4n) is 2.51. The minimum atomic E-state index is 0.801. The lowest BCUT2D eigenvalue weighted by Gasteiger charge is -2.08. The quantitative estimate of drug-likeness (QED) is 0.695. The standard InChI is InChI=1S/C18H17NO/c1-12-7-16(10-17(19)8-12)14-3-4-15-11-18(20-2)6-5-13(15)9-14/h3-11H,19H2,1-2H3. The highest BCUT2D eigenvalue weighted by molar-refractivity contribution is 5.88. The van der Waals surface area contributed by atoms with Gasteiger partial charge in [-0.3, -0.25) is 0 Å². The molecule has 0 atom stereocenters. The Morgan fingerprint density at radius 3 is 2.30 bits per heavy atom. The third kappa shape index (κ3) is 2.32. The number of rotatable bonds is 2. The van der Waals surface area contributed by atoms with Crippen LogP contribution in [0.15, 0.2) is 54.6 Å². The minimum Gasteiger partial charge on any atom is -0.497 e. The normalized spacial score (nSPS) is 10.7. The highest BCUT2D eigenvalue weighted by Gasteiger charge is 2.03. The third-order valence-electron chi connectivity index (χ3n) is 3.48. The molecule has 0 heterocycles. The van der Waals surface area contributed by atoms with E-state index in [1.54, 1.807) is 7.11 Å². The molecule has 0 aromatic heterocycles. The smallest absolute Gasteiger partial charge is 0.119 e. The Bertz CT molecular complexity index is 757. The number of fused-ring (bicyclic) bond motifs is 1. The Morgan fingerprint density at radius 2 is 1.55 bits per heavy atom. The van der Waals surface area contributed by atoms with E-state index in [9.17, 15) is 0 Å². The first kappa shape index (κ1) is 12.5. The molecule has 0 aliphatic carbocycles. The summed E-state index contributed by atoms with van der Waals surface area (Å²) in [4.78, 5) is 0. The first-order valence-electron chi connectivity index (χ1n) is 6.61. The summed E-state index contributed by atoms with van der Waals surface area (Å²) in [7, 11) is 1.69. The van der Waals surface area contributed by atoms with Crippen LogP contribution in [0.25, 0.3) is 21.9 Å². The fraction of sp³-hybridized carbons (Fsp3) is 0.111. The summed E-state index contributed by atoms with van der Waals surface area (Å²) in [5.41, 5.74) is 10.2. The molecule has 2 heteroatoms. The molecular formula is C18H17NO. The van der Waals surface area contributed by atoms with Crippen molar-refractivity contribution in [1.82, 2.24) is 0 Å². The van der Waals surface area contributed by atoms with Crippen LogP contribution in [0.1, 0.15) is 5.56 Å². The van der Waals surface area contributed by atoms with Crippen molar-refractivity contribution >= 4 is 16.5 Å². The number of benzene rings is 3. The Morgan fingerprint density at radius 1 is 0.800 bits per heavy atom. The molecule has 20 heavy (non-hydrogen) atoms. The summed E-state index contributed by atoms with van der Waals surface area (Å²) in [5, 5.41) is 2.37. The molecule has 0 bridgehead atoms. The number of aryl methyl sites for hydroxylation is 1. The molecular weight excluding hydrogens is 246 g/mol. The molecule has 0 spiro atoms. The molecule has 0 aliphatic rings. The fourth-order valence-corrected chi connectivity index (χ4v) is 2.51. The highest BCUT2D eigenvalue weighted by Crippen LogP contribution is 2.28. The summed E-state index contributed by atoms with van der Waals surface area (Å²) < 4.78 is 5.25. The van der Waals surface area contributed by atoms with E-state index in [2.05, 4.69) is 37.3 Å². The van der Waals surface area contributed by atoms with Gasteiger partial charge in [-0.05, 0) is 64.7 Å². The van der Waals surface area contributed by atoms with Gasteiger partial charge in [-0.25, -0.2) is 0 Å². The Kier molecular flexibility index (Phi) is 3.07. The van der Waals surface area contributed by atoms with E-state index in [0.29, 0.717) is 0 Å². The second-order valence-corrected chi connectivity index (χ2v) is 5.06. The molecule has 0 aliphatic heterocycles. The zero-order chi connectivity index (χ0) is 14.1. The summed E-state index contributed by atoms with van der Waals surface area (Å²) in [5.74, 6) is 0.880. The minimum absolute atomic E-state index is 0.801. The van der Waals surface area contributed by atoms with Crippen LogP contribution >= 0.6 is 0 Å². The Labute approximate surface area is 118 Å². The first-order valence-corrected chi connectivity index (χ1v) is 6.61. The van der Waals surface area contributed by atoms with Crippen LogP contribution in [-0.4, -0.2) is 7.11 Å². The summed E-state index contributed by atoms with van der Waals surface area (Å²) in [6.07, 6.45) is 0. The van der Waals surface area contributed by atoms with Crippen LogP contribution in [0.2, 0.25) is 0 Å². The monoisotopic (exact) mass is 263 g/mol. The van der Waals surface area contributed by atoms with Crippen LogP contribution in [0.3, 0.4) is 0 Å². The van der Waals surface area contributed by atoms with E-state index in [-0.39, 0.29) is 0 Å². The van der Waals surface area contributed by atoms with Gasteiger partial charge in [0.15, 0.2) is 0 Å². The van der Waals surface area contributed by atoms with Gasteiger partial charge >= 0.3 is 0 Å². The Balaban J connectivity index is 2.12. The van der Waals surface area contributed by atoms with Gasteiger partial charge in [0, 0.05) is 5.69 Å². The predicted octanol–water partition coefficient (Wildman–Crippen LogP) is 4.41. The number of nitrogen functional groups attached to an aromatic ring is 1. The number of anilines is 1. The van der Waals surface area contributed by atoms with Crippen LogP contribution < -0.4 is 10.5 Å². The van der Waals surface area contributed by atoms with Crippen molar-refractivity contribution in [3.8, 4) is 16.9 Å². The Hall–Kier alpha value is -2.48. The van der Waals surface area contributed by atoms with Crippen molar-refractivity contribution in [2.45, 2.75) is 6.92 Å². The van der Waals surface area contributed by atoms with Crippen molar-refractivity contribution in [3.63, 3.8) is 0 Å². The van der Waals surface area contributed by atoms with E-state index in [4.69, 9.17) is 10.5 Å². The lowest BCUT2D eigenvalue weighted by atomic mass is 9.99. The SMILES string of the molecule is COc1ccc2cc(-c3cc(C)cc(N)c3)ccc2c1. The van der Waals surface area contributed by atoms with Crippen molar-refractivity contribution in [3.05, 3.63) is 60.2 Å². The molecule has 3 aromatic carbocycles. The topological polar surface area (TPSA) is 35.2 Å². The number of hydrogen-bond acceptors (Lipinski definition) is 2. The maximum Gasteiger partial charge on any atom is 0.119 e. The van der Waals surface area contributed by atoms with Gasteiger partial charge in [-0.2, -0.15) is 0 Å². The van der Waals surface area contributed by atoms with Gasteiger partial charge in [0.05, 0.1) is 7.11 Å². The van der Waals surface area contributed by atoms with Crippen LogP contribution in [0.4, 0.5) is 5.69 Å². The highest BCUT2D eigenvalue weighted by atomic mass is 16.5. The lowest BCUT2D eigenvalue weighted by molar-refractivity contribution is 0.415. The first-order chi connectivity index (χ1) is 9.65. The van der Waals surface area contributed by atoms with Crippen molar-refractivity contribution in [2.75, 3.05) is 12.8 Å². The van der Waals surface area contributed by atoms with E-state index in [1.165, 1.54) is 21.9 Å². The molecule has 3 rings (SSSR count). The predicted molar refractivity (Wildman–Crippen MR) is 85.1 cm³/mol. The van der Waals surface area contributed by atoms with E-state index < -0.39 is 0 Å². The number of methoxy groups -OCH3 is 1. The van der Waals surface area contributed by atoms with Crippen molar-refractivity contribution in [2.24, 2.45) is 0 Å². The van der Waals surface area contributed by atoms with Crippen LogP contribution in [-0.2, 0) is 0 Å². The zero-order valence-corrected chi connectivity index (χ0v) is 11.7. The molecule has 0 fully saturated rings. The maximum atomic E-state index is 5.93. The van der Waals surface area contributed by atoms with Crippen LogP contribution in [0, 0.1) is 6.92 Å². The third-order valence-corrected chi connectivity index (χ3v) is 3.48. The average molecular weight is 263 g/mol. The van der Waals surface area contributed by atoms with Gasteiger partial charge < -0.3 is 10.5 Å². The number of nitrogens with two attached hydrogens (primary N) is 1. The summed E-state index contributed by atoms with van der Waals surface area (Å²) in [6, 6.07) is 18.7.